The Hall–Kier alpha value is -0.830. The second-order valence-electron chi connectivity index (χ2n) is 8.21. The standard InChI is InChI=1S/C18H31N3/c1-13(2)11-17-20-15-12-19-10-7-16(15)21(17)14-5-8-18(3,4)9-6-14/h13-14,19H,5-12H2,1-4H3. The van der Waals surface area contributed by atoms with Gasteiger partial charge in [-0.2, -0.15) is 0 Å². The van der Waals surface area contributed by atoms with Crippen molar-refractivity contribution in [3.8, 4) is 0 Å². The van der Waals surface area contributed by atoms with Gasteiger partial charge in [0.05, 0.1) is 5.69 Å². The lowest BCUT2D eigenvalue weighted by Gasteiger charge is -2.36. The molecule has 0 radical (unpaired) electrons. The molecule has 21 heavy (non-hydrogen) atoms. The second kappa shape index (κ2) is 5.75. The zero-order valence-electron chi connectivity index (χ0n) is 14.2. The number of fused-ring (bicyclic) bond motifs is 1. The highest BCUT2D eigenvalue weighted by atomic mass is 15.1. The third-order valence-corrected chi connectivity index (χ3v) is 5.26. The Kier molecular flexibility index (Phi) is 4.13. The summed E-state index contributed by atoms with van der Waals surface area (Å²) >= 11 is 0. The van der Waals surface area contributed by atoms with Crippen LogP contribution < -0.4 is 5.32 Å². The van der Waals surface area contributed by atoms with Gasteiger partial charge in [0.25, 0.3) is 0 Å². The molecule has 1 saturated carbocycles. The zero-order valence-corrected chi connectivity index (χ0v) is 14.2. The van der Waals surface area contributed by atoms with Crippen LogP contribution in [0.2, 0.25) is 0 Å². The summed E-state index contributed by atoms with van der Waals surface area (Å²) in [4.78, 5) is 5.00. The zero-order chi connectivity index (χ0) is 15.0. The van der Waals surface area contributed by atoms with Gasteiger partial charge in [-0.3, -0.25) is 0 Å². The molecule has 0 atom stereocenters. The first-order chi connectivity index (χ1) is 9.96. The van der Waals surface area contributed by atoms with Crippen molar-refractivity contribution in [2.45, 2.75) is 78.8 Å². The normalized spacial score (nSPS) is 22.5. The van der Waals surface area contributed by atoms with Crippen LogP contribution in [-0.4, -0.2) is 16.1 Å². The lowest BCUT2D eigenvalue weighted by molar-refractivity contribution is 0.189. The smallest absolute Gasteiger partial charge is 0.109 e. The van der Waals surface area contributed by atoms with Crippen LogP contribution in [0.15, 0.2) is 0 Å². The van der Waals surface area contributed by atoms with E-state index in [1.165, 1.54) is 42.9 Å². The largest absolute Gasteiger partial charge is 0.329 e. The fourth-order valence-corrected chi connectivity index (χ4v) is 3.97. The summed E-state index contributed by atoms with van der Waals surface area (Å²) in [5, 5.41) is 3.47. The third-order valence-electron chi connectivity index (χ3n) is 5.26. The van der Waals surface area contributed by atoms with E-state index >= 15 is 0 Å². The molecule has 1 aromatic heterocycles. The van der Waals surface area contributed by atoms with Gasteiger partial charge in [-0.05, 0) is 37.0 Å². The van der Waals surface area contributed by atoms with Gasteiger partial charge in [0, 0.05) is 37.7 Å². The van der Waals surface area contributed by atoms with Crippen LogP contribution in [0.3, 0.4) is 0 Å². The van der Waals surface area contributed by atoms with Crippen LogP contribution in [0.5, 0.6) is 0 Å². The van der Waals surface area contributed by atoms with E-state index in [1.807, 2.05) is 0 Å². The number of aromatic nitrogens is 2. The summed E-state index contributed by atoms with van der Waals surface area (Å²) in [5.41, 5.74) is 3.40. The van der Waals surface area contributed by atoms with Crippen molar-refractivity contribution in [1.29, 1.82) is 0 Å². The van der Waals surface area contributed by atoms with Gasteiger partial charge in [0.2, 0.25) is 0 Å². The van der Waals surface area contributed by atoms with Crippen LogP contribution in [0.4, 0.5) is 0 Å². The van der Waals surface area contributed by atoms with Gasteiger partial charge in [-0.25, -0.2) is 4.98 Å². The van der Waals surface area contributed by atoms with Gasteiger partial charge < -0.3 is 9.88 Å². The lowest BCUT2D eigenvalue weighted by Crippen LogP contribution is -2.29. The van der Waals surface area contributed by atoms with E-state index in [9.17, 15) is 0 Å². The Labute approximate surface area is 129 Å². The van der Waals surface area contributed by atoms with Crippen LogP contribution in [0.25, 0.3) is 0 Å². The molecule has 3 heteroatoms. The Morgan fingerprint density at radius 2 is 2.00 bits per heavy atom. The summed E-state index contributed by atoms with van der Waals surface area (Å²) < 4.78 is 2.66. The molecule has 1 N–H and O–H groups in total. The fraction of sp³-hybridized carbons (Fsp3) is 0.833. The summed E-state index contributed by atoms with van der Waals surface area (Å²) in [6.07, 6.45) is 7.63. The Morgan fingerprint density at radius 3 is 2.67 bits per heavy atom. The van der Waals surface area contributed by atoms with E-state index in [2.05, 4.69) is 37.6 Å². The SMILES string of the molecule is CC(C)Cc1nc2c(n1C1CCC(C)(C)CC1)CCNC2. The average Bonchev–Trinajstić information content (AvgIpc) is 2.76. The predicted molar refractivity (Wildman–Crippen MR) is 87.5 cm³/mol. The molecule has 3 nitrogen and oxygen atoms in total. The molecule has 1 aliphatic heterocycles. The fourth-order valence-electron chi connectivity index (χ4n) is 3.97. The van der Waals surface area contributed by atoms with E-state index in [4.69, 9.17) is 4.98 Å². The monoisotopic (exact) mass is 289 g/mol. The summed E-state index contributed by atoms with van der Waals surface area (Å²) in [7, 11) is 0. The number of rotatable bonds is 3. The van der Waals surface area contributed by atoms with Crippen molar-refractivity contribution in [3.05, 3.63) is 17.2 Å². The van der Waals surface area contributed by atoms with Gasteiger partial charge in [-0.15, -0.1) is 0 Å². The first-order valence-electron chi connectivity index (χ1n) is 8.76. The minimum absolute atomic E-state index is 0.539. The van der Waals surface area contributed by atoms with Crippen molar-refractivity contribution >= 4 is 0 Å². The van der Waals surface area contributed by atoms with Crippen molar-refractivity contribution in [3.63, 3.8) is 0 Å². The highest BCUT2D eigenvalue weighted by molar-refractivity contribution is 5.22. The van der Waals surface area contributed by atoms with Gasteiger partial charge >= 0.3 is 0 Å². The van der Waals surface area contributed by atoms with Crippen molar-refractivity contribution in [1.82, 2.24) is 14.9 Å². The van der Waals surface area contributed by atoms with Crippen LogP contribution in [0, 0.1) is 11.3 Å². The number of nitrogens with zero attached hydrogens (tertiary/aromatic N) is 2. The molecule has 1 aromatic rings. The summed E-state index contributed by atoms with van der Waals surface area (Å²) in [5.74, 6) is 2.03. The van der Waals surface area contributed by atoms with E-state index in [0.29, 0.717) is 17.4 Å². The summed E-state index contributed by atoms with van der Waals surface area (Å²) in [6.45, 7) is 11.5. The van der Waals surface area contributed by atoms with E-state index in [0.717, 1.165) is 25.9 Å². The molecule has 0 amide bonds. The number of nitrogens with one attached hydrogen (secondary N) is 1. The molecule has 0 unspecified atom stereocenters. The molecule has 0 spiro atoms. The first-order valence-corrected chi connectivity index (χ1v) is 8.76. The molecule has 0 bridgehead atoms. The molecule has 2 heterocycles. The molecule has 1 aliphatic carbocycles. The quantitative estimate of drug-likeness (QED) is 0.915. The van der Waals surface area contributed by atoms with Crippen molar-refractivity contribution < 1.29 is 0 Å². The Bertz CT molecular complexity index is 489. The third kappa shape index (κ3) is 3.18. The highest BCUT2D eigenvalue weighted by Crippen LogP contribution is 2.41. The molecule has 1 fully saturated rings. The molecule has 3 rings (SSSR count). The van der Waals surface area contributed by atoms with Gasteiger partial charge in [0.1, 0.15) is 5.82 Å². The molecule has 2 aliphatic rings. The number of hydrogen-bond acceptors (Lipinski definition) is 2. The minimum Gasteiger partial charge on any atom is -0.329 e. The average molecular weight is 289 g/mol. The Morgan fingerprint density at radius 1 is 1.29 bits per heavy atom. The molecule has 0 aromatic carbocycles. The Balaban J connectivity index is 1.90. The maximum Gasteiger partial charge on any atom is 0.109 e. The van der Waals surface area contributed by atoms with E-state index in [1.54, 1.807) is 0 Å². The molecular formula is C18H31N3. The van der Waals surface area contributed by atoms with E-state index < -0.39 is 0 Å². The van der Waals surface area contributed by atoms with Gasteiger partial charge in [-0.1, -0.05) is 27.7 Å². The maximum absolute atomic E-state index is 5.00. The van der Waals surface area contributed by atoms with Crippen LogP contribution in [0.1, 0.15) is 76.6 Å². The second-order valence-corrected chi connectivity index (χ2v) is 8.21. The topological polar surface area (TPSA) is 29.9 Å². The number of hydrogen-bond donors (Lipinski definition) is 1. The number of imidazole rings is 1. The van der Waals surface area contributed by atoms with Crippen molar-refractivity contribution in [2.75, 3.05) is 6.54 Å². The van der Waals surface area contributed by atoms with Crippen LogP contribution in [-0.2, 0) is 19.4 Å². The van der Waals surface area contributed by atoms with Crippen LogP contribution >= 0.6 is 0 Å². The van der Waals surface area contributed by atoms with Crippen molar-refractivity contribution in [2.24, 2.45) is 11.3 Å². The molecule has 118 valence electrons. The first kappa shape index (κ1) is 15.1. The van der Waals surface area contributed by atoms with E-state index in [-0.39, 0.29) is 0 Å². The maximum atomic E-state index is 5.00. The summed E-state index contributed by atoms with van der Waals surface area (Å²) in [6, 6.07) is 0.695. The molecular weight excluding hydrogens is 258 g/mol. The van der Waals surface area contributed by atoms with Gasteiger partial charge in [0.15, 0.2) is 0 Å². The minimum atomic E-state index is 0.539. The predicted octanol–water partition coefficient (Wildman–Crippen LogP) is 3.87. The highest BCUT2D eigenvalue weighted by Gasteiger charge is 2.31. The lowest BCUT2D eigenvalue weighted by atomic mass is 9.75. The molecule has 0 saturated heterocycles.